The van der Waals surface area contributed by atoms with E-state index in [0.29, 0.717) is 11.3 Å². The summed E-state index contributed by atoms with van der Waals surface area (Å²) in [5.41, 5.74) is 1.97. The molecule has 0 saturated carbocycles. The molecule has 0 aliphatic heterocycles. The van der Waals surface area contributed by atoms with E-state index in [-0.39, 0.29) is 4.90 Å². The second-order valence-corrected chi connectivity index (χ2v) is 5.61. The molecule has 1 aromatic carbocycles. The van der Waals surface area contributed by atoms with Crippen molar-refractivity contribution >= 4 is 15.7 Å². The lowest BCUT2D eigenvalue weighted by Gasteiger charge is -2.05. The average molecular weight is 259 g/mol. The third kappa shape index (κ3) is 2.65. The van der Waals surface area contributed by atoms with Gasteiger partial charge in [-0.1, -0.05) is 42.5 Å². The first-order chi connectivity index (χ1) is 8.49. The van der Waals surface area contributed by atoms with Gasteiger partial charge in [-0.2, -0.15) is 12.8 Å². The molecular formula is C14H13NO2S. The van der Waals surface area contributed by atoms with Crippen LogP contribution in [-0.2, 0) is 10.0 Å². The predicted molar refractivity (Wildman–Crippen MR) is 73.2 cm³/mol. The molecule has 2 rings (SSSR count). The fourth-order valence-electron chi connectivity index (χ4n) is 1.49. The molecular weight excluding hydrogens is 246 g/mol. The number of sulfonamides is 1. The van der Waals surface area contributed by atoms with Crippen molar-refractivity contribution in [2.24, 2.45) is 4.40 Å². The van der Waals surface area contributed by atoms with Gasteiger partial charge in [0.15, 0.2) is 0 Å². The first-order valence-electron chi connectivity index (χ1n) is 5.45. The average Bonchev–Trinajstić information content (AvgIpc) is 2.32. The molecule has 0 amide bonds. The number of hydrogen-bond donors (Lipinski definition) is 0. The minimum absolute atomic E-state index is 0.191. The quantitative estimate of drug-likeness (QED) is 0.820. The van der Waals surface area contributed by atoms with Gasteiger partial charge in [0.05, 0.1) is 10.6 Å². The van der Waals surface area contributed by atoms with Gasteiger partial charge in [-0.05, 0) is 30.7 Å². The van der Waals surface area contributed by atoms with E-state index in [9.17, 15) is 8.42 Å². The molecule has 0 spiro atoms. The lowest BCUT2D eigenvalue weighted by molar-refractivity contribution is 0.598. The highest BCUT2D eigenvalue weighted by molar-refractivity contribution is 7.90. The molecule has 0 N–H and O–H groups in total. The molecule has 3 nitrogen and oxygen atoms in total. The van der Waals surface area contributed by atoms with Crippen LogP contribution in [0.25, 0.3) is 0 Å². The van der Waals surface area contributed by atoms with E-state index in [1.54, 1.807) is 48.6 Å². The van der Waals surface area contributed by atoms with Crippen LogP contribution in [-0.4, -0.2) is 14.1 Å². The van der Waals surface area contributed by atoms with E-state index < -0.39 is 10.0 Å². The fraction of sp³-hybridized carbons (Fsp3) is 0.0714. The van der Waals surface area contributed by atoms with Crippen LogP contribution in [0.15, 0.2) is 70.0 Å². The molecule has 0 fully saturated rings. The van der Waals surface area contributed by atoms with E-state index >= 15 is 0 Å². The zero-order chi connectivity index (χ0) is 13.2. The highest BCUT2D eigenvalue weighted by Crippen LogP contribution is 2.16. The lowest BCUT2D eigenvalue weighted by Crippen LogP contribution is -2.05. The van der Waals surface area contributed by atoms with Crippen LogP contribution in [0.4, 0.5) is 0 Å². The van der Waals surface area contributed by atoms with E-state index in [0.717, 1.165) is 5.56 Å². The van der Waals surface area contributed by atoms with Crippen molar-refractivity contribution in [3.63, 3.8) is 0 Å². The van der Waals surface area contributed by atoms with Crippen LogP contribution < -0.4 is 0 Å². The topological polar surface area (TPSA) is 46.5 Å². The Hall–Kier alpha value is -1.94. The number of allylic oxidation sites excluding steroid dienone is 5. The summed E-state index contributed by atoms with van der Waals surface area (Å²) in [6.45, 7) is 5.66. The minimum Gasteiger partial charge on any atom is -0.199 e. The van der Waals surface area contributed by atoms with Crippen molar-refractivity contribution in [1.82, 2.24) is 0 Å². The Morgan fingerprint density at radius 2 is 1.67 bits per heavy atom. The van der Waals surface area contributed by atoms with Crippen LogP contribution in [0, 0.1) is 6.92 Å². The van der Waals surface area contributed by atoms with Crippen molar-refractivity contribution in [3.8, 4) is 0 Å². The molecule has 4 heteroatoms. The first kappa shape index (κ1) is 12.5. The van der Waals surface area contributed by atoms with Gasteiger partial charge >= 0.3 is 0 Å². The van der Waals surface area contributed by atoms with Crippen molar-refractivity contribution in [3.05, 3.63) is 66.3 Å². The smallest absolute Gasteiger partial charge is 0.199 e. The maximum absolute atomic E-state index is 12.1. The van der Waals surface area contributed by atoms with Crippen molar-refractivity contribution < 1.29 is 8.42 Å². The summed E-state index contributed by atoms with van der Waals surface area (Å²) < 4.78 is 27.9. The Morgan fingerprint density at radius 3 is 2.28 bits per heavy atom. The maximum Gasteiger partial charge on any atom is 0.282 e. The summed E-state index contributed by atoms with van der Waals surface area (Å²) in [4.78, 5) is 0.191. The molecule has 0 saturated heterocycles. The molecule has 92 valence electrons. The summed E-state index contributed by atoms with van der Waals surface area (Å²) >= 11 is 0. The number of hydrogen-bond acceptors (Lipinski definition) is 2. The Balaban J connectivity index is 2.41. The van der Waals surface area contributed by atoms with E-state index in [1.165, 1.54) is 0 Å². The second kappa shape index (κ2) is 4.74. The Labute approximate surface area is 107 Å². The third-order valence-corrected chi connectivity index (χ3v) is 3.83. The van der Waals surface area contributed by atoms with Crippen molar-refractivity contribution in [1.29, 1.82) is 0 Å². The zero-order valence-electron chi connectivity index (χ0n) is 10.00. The third-order valence-electron chi connectivity index (χ3n) is 2.53. The van der Waals surface area contributed by atoms with Gasteiger partial charge in [0, 0.05) is 0 Å². The molecule has 18 heavy (non-hydrogen) atoms. The van der Waals surface area contributed by atoms with Crippen molar-refractivity contribution in [2.75, 3.05) is 0 Å². The largest absolute Gasteiger partial charge is 0.282 e. The summed E-state index contributed by atoms with van der Waals surface area (Å²) in [5.74, 6) is 0. The summed E-state index contributed by atoms with van der Waals surface area (Å²) in [5, 5.41) is 0. The Morgan fingerprint density at radius 1 is 1.06 bits per heavy atom. The maximum atomic E-state index is 12.1. The molecule has 0 heterocycles. The highest BCUT2D eigenvalue weighted by atomic mass is 32.2. The molecule has 0 atom stereocenters. The van der Waals surface area contributed by atoms with Gasteiger partial charge in [0.2, 0.25) is 0 Å². The van der Waals surface area contributed by atoms with Crippen molar-refractivity contribution in [2.45, 2.75) is 11.8 Å². The number of benzene rings is 1. The second-order valence-electron chi connectivity index (χ2n) is 4.01. The monoisotopic (exact) mass is 259 g/mol. The SMILES string of the molecule is C=C1C=CC=C/C1=N/S(=O)(=O)c1ccc(C)cc1. The summed E-state index contributed by atoms with van der Waals surface area (Å²) in [6, 6.07) is 6.61. The van der Waals surface area contributed by atoms with Gasteiger partial charge in [0.1, 0.15) is 0 Å². The van der Waals surface area contributed by atoms with Gasteiger partial charge in [-0.25, -0.2) is 0 Å². The van der Waals surface area contributed by atoms with Crippen LogP contribution in [0.2, 0.25) is 0 Å². The molecule has 0 aromatic heterocycles. The summed E-state index contributed by atoms with van der Waals surface area (Å²) in [6.07, 6.45) is 6.88. The minimum atomic E-state index is -3.67. The van der Waals surface area contributed by atoms with Crippen LogP contribution >= 0.6 is 0 Å². The normalized spacial score (nSPS) is 17.4. The molecule has 0 bridgehead atoms. The Bertz CT molecular complexity index is 662. The van der Waals surface area contributed by atoms with E-state index in [4.69, 9.17) is 0 Å². The van der Waals surface area contributed by atoms with Crippen LogP contribution in [0.1, 0.15) is 5.56 Å². The van der Waals surface area contributed by atoms with Gasteiger partial charge in [-0.3, -0.25) is 0 Å². The zero-order valence-corrected chi connectivity index (χ0v) is 10.8. The highest BCUT2D eigenvalue weighted by Gasteiger charge is 2.14. The lowest BCUT2D eigenvalue weighted by atomic mass is 10.1. The van der Waals surface area contributed by atoms with Gasteiger partial charge in [-0.15, -0.1) is 0 Å². The van der Waals surface area contributed by atoms with Crippen LogP contribution in [0.5, 0.6) is 0 Å². The Kier molecular flexibility index (Phi) is 3.30. The number of nitrogens with zero attached hydrogens (tertiary/aromatic N) is 1. The van der Waals surface area contributed by atoms with Crippen LogP contribution in [0.3, 0.4) is 0 Å². The standard InChI is InChI=1S/C14H13NO2S/c1-11-7-9-13(10-8-11)18(16,17)15-14-6-4-3-5-12(14)2/h3-10H,2H2,1H3/b15-14-. The molecule has 0 radical (unpaired) electrons. The fourth-order valence-corrected chi connectivity index (χ4v) is 2.51. The number of rotatable bonds is 2. The molecule has 1 aliphatic carbocycles. The molecule has 0 unspecified atom stereocenters. The first-order valence-corrected chi connectivity index (χ1v) is 6.89. The summed E-state index contributed by atoms with van der Waals surface area (Å²) in [7, 11) is -3.67. The van der Waals surface area contributed by atoms with Gasteiger partial charge in [0.25, 0.3) is 10.0 Å². The predicted octanol–water partition coefficient (Wildman–Crippen LogP) is 2.81. The number of aryl methyl sites for hydroxylation is 1. The van der Waals surface area contributed by atoms with Gasteiger partial charge < -0.3 is 0 Å². The molecule has 1 aromatic rings. The molecule has 1 aliphatic rings. The van der Waals surface area contributed by atoms with E-state index in [2.05, 4.69) is 11.0 Å². The van der Waals surface area contributed by atoms with E-state index in [1.807, 2.05) is 6.92 Å².